The molecule has 1 atom stereocenters. The normalized spacial score (nSPS) is 12.5. The van der Waals surface area contributed by atoms with E-state index < -0.39 is 0 Å². The fourth-order valence-corrected chi connectivity index (χ4v) is 1.79. The third-order valence-electron chi connectivity index (χ3n) is 2.74. The lowest BCUT2D eigenvalue weighted by Gasteiger charge is -2.24. The Morgan fingerprint density at radius 2 is 2.06 bits per heavy atom. The number of rotatable bonds is 5. The number of nitrogens with zero attached hydrogens (tertiary/aromatic N) is 1. The number of esters is 1. The monoisotopic (exact) mass is 239 g/mol. The number of methoxy groups -OCH3 is 1. The van der Waals surface area contributed by atoms with Crippen molar-refractivity contribution in [1.82, 2.24) is 4.90 Å². The zero-order valence-corrected chi connectivity index (χ0v) is 10.4. The first-order chi connectivity index (χ1) is 8.06. The standard InChI is InChI=1S/C13H18FNO2/c1-15(2)12(8-9-13(16)17-3)10-6-4-5-7-11(10)14/h4-7,12H,8-9H2,1-3H3. The summed E-state index contributed by atoms with van der Waals surface area (Å²) in [6, 6.07) is 6.52. The number of carbonyl (C=O) groups excluding carboxylic acids is 1. The van der Waals surface area contributed by atoms with E-state index in [1.54, 1.807) is 18.2 Å². The fraction of sp³-hybridized carbons (Fsp3) is 0.462. The van der Waals surface area contributed by atoms with E-state index in [2.05, 4.69) is 4.74 Å². The van der Waals surface area contributed by atoms with Gasteiger partial charge in [0.15, 0.2) is 0 Å². The summed E-state index contributed by atoms with van der Waals surface area (Å²) in [6.07, 6.45) is 0.828. The second-order valence-corrected chi connectivity index (χ2v) is 4.12. The molecule has 0 fully saturated rings. The Hall–Kier alpha value is -1.42. The first-order valence-corrected chi connectivity index (χ1v) is 5.54. The minimum atomic E-state index is -0.270. The predicted molar refractivity (Wildman–Crippen MR) is 64.1 cm³/mol. The highest BCUT2D eigenvalue weighted by molar-refractivity contribution is 5.69. The summed E-state index contributed by atoms with van der Waals surface area (Å²) in [6.45, 7) is 0. The molecule has 94 valence electrons. The van der Waals surface area contributed by atoms with E-state index >= 15 is 0 Å². The molecule has 4 heteroatoms. The number of carbonyl (C=O) groups is 1. The number of halogens is 1. The lowest BCUT2D eigenvalue weighted by atomic mass is 10.0. The van der Waals surface area contributed by atoms with Gasteiger partial charge in [-0.15, -0.1) is 0 Å². The molecule has 1 aromatic carbocycles. The molecule has 0 radical (unpaired) electrons. The minimum absolute atomic E-state index is 0.115. The molecule has 0 aliphatic rings. The summed E-state index contributed by atoms with van der Waals surface area (Å²) in [5, 5.41) is 0. The average molecular weight is 239 g/mol. The van der Waals surface area contributed by atoms with Crippen molar-refractivity contribution < 1.29 is 13.9 Å². The molecule has 0 bridgehead atoms. The fourth-order valence-electron chi connectivity index (χ4n) is 1.79. The molecule has 0 aromatic heterocycles. The molecule has 0 amide bonds. The van der Waals surface area contributed by atoms with Gasteiger partial charge in [0, 0.05) is 18.0 Å². The third-order valence-corrected chi connectivity index (χ3v) is 2.74. The van der Waals surface area contributed by atoms with Crippen LogP contribution in [0.2, 0.25) is 0 Å². The molecular weight excluding hydrogens is 221 g/mol. The van der Waals surface area contributed by atoms with Crippen LogP contribution in [0.25, 0.3) is 0 Å². The lowest BCUT2D eigenvalue weighted by molar-refractivity contribution is -0.141. The Bertz CT molecular complexity index is 379. The van der Waals surface area contributed by atoms with E-state index in [1.165, 1.54) is 13.2 Å². The summed E-state index contributed by atoms with van der Waals surface area (Å²) in [7, 11) is 5.10. The molecule has 0 saturated heterocycles. The van der Waals surface area contributed by atoms with E-state index in [4.69, 9.17) is 0 Å². The van der Waals surface area contributed by atoms with Crippen LogP contribution < -0.4 is 0 Å². The highest BCUT2D eigenvalue weighted by atomic mass is 19.1. The summed E-state index contributed by atoms with van der Waals surface area (Å²) >= 11 is 0. The van der Waals surface area contributed by atoms with Crippen LogP contribution in [0, 0.1) is 5.82 Å². The number of hydrogen-bond donors (Lipinski definition) is 0. The largest absolute Gasteiger partial charge is 0.469 e. The second kappa shape index (κ2) is 6.35. The molecule has 3 nitrogen and oxygen atoms in total. The van der Waals surface area contributed by atoms with Gasteiger partial charge in [0.1, 0.15) is 5.82 Å². The van der Waals surface area contributed by atoms with Crippen molar-refractivity contribution in [2.24, 2.45) is 0 Å². The molecule has 17 heavy (non-hydrogen) atoms. The SMILES string of the molecule is COC(=O)CCC(c1ccccc1F)N(C)C. The van der Waals surface area contributed by atoms with E-state index in [1.807, 2.05) is 19.0 Å². The Labute approximate surface area is 101 Å². The molecule has 1 aromatic rings. The van der Waals surface area contributed by atoms with Crippen LogP contribution in [-0.4, -0.2) is 32.1 Å². The van der Waals surface area contributed by atoms with Crippen molar-refractivity contribution in [2.75, 3.05) is 21.2 Å². The number of ether oxygens (including phenoxy) is 1. The van der Waals surface area contributed by atoms with Gasteiger partial charge in [0.2, 0.25) is 0 Å². The van der Waals surface area contributed by atoms with Crippen molar-refractivity contribution in [3.8, 4) is 0 Å². The van der Waals surface area contributed by atoms with Gasteiger partial charge in [-0.05, 0) is 26.6 Å². The van der Waals surface area contributed by atoms with Crippen LogP contribution >= 0.6 is 0 Å². The number of benzene rings is 1. The van der Waals surface area contributed by atoms with Gasteiger partial charge < -0.3 is 9.64 Å². The van der Waals surface area contributed by atoms with E-state index in [0.717, 1.165) is 0 Å². The Kier molecular flexibility index (Phi) is 5.10. The first kappa shape index (κ1) is 13.6. The summed E-state index contributed by atoms with van der Waals surface area (Å²) in [4.78, 5) is 13.0. The highest BCUT2D eigenvalue weighted by Gasteiger charge is 2.18. The van der Waals surface area contributed by atoms with Crippen LogP contribution in [0.3, 0.4) is 0 Å². The highest BCUT2D eigenvalue weighted by Crippen LogP contribution is 2.25. The Morgan fingerprint density at radius 1 is 1.41 bits per heavy atom. The maximum Gasteiger partial charge on any atom is 0.305 e. The minimum Gasteiger partial charge on any atom is -0.469 e. The van der Waals surface area contributed by atoms with Crippen molar-refractivity contribution in [1.29, 1.82) is 0 Å². The maximum atomic E-state index is 13.7. The van der Waals surface area contributed by atoms with Crippen molar-refractivity contribution in [3.63, 3.8) is 0 Å². The van der Waals surface area contributed by atoms with Gasteiger partial charge in [0.25, 0.3) is 0 Å². The van der Waals surface area contributed by atoms with Gasteiger partial charge in [-0.2, -0.15) is 0 Å². The topological polar surface area (TPSA) is 29.5 Å². The summed E-state index contributed by atoms with van der Waals surface area (Å²) < 4.78 is 18.3. The summed E-state index contributed by atoms with van der Waals surface area (Å²) in [5.41, 5.74) is 0.612. The van der Waals surface area contributed by atoms with Gasteiger partial charge in [-0.25, -0.2) is 4.39 Å². The molecule has 0 spiro atoms. The Morgan fingerprint density at radius 3 is 2.59 bits per heavy atom. The molecule has 1 rings (SSSR count). The first-order valence-electron chi connectivity index (χ1n) is 5.54. The van der Waals surface area contributed by atoms with Gasteiger partial charge >= 0.3 is 5.97 Å². The summed E-state index contributed by atoms with van der Waals surface area (Å²) in [5.74, 6) is -0.510. The maximum absolute atomic E-state index is 13.7. The van der Waals surface area contributed by atoms with Crippen LogP contribution in [-0.2, 0) is 9.53 Å². The van der Waals surface area contributed by atoms with Crippen molar-refractivity contribution in [3.05, 3.63) is 35.6 Å². The molecular formula is C13H18FNO2. The molecule has 1 unspecified atom stereocenters. The van der Waals surface area contributed by atoms with E-state index in [0.29, 0.717) is 12.0 Å². The second-order valence-electron chi connectivity index (χ2n) is 4.12. The Balaban J connectivity index is 2.80. The molecule has 0 N–H and O–H groups in total. The van der Waals surface area contributed by atoms with E-state index in [9.17, 15) is 9.18 Å². The van der Waals surface area contributed by atoms with Crippen molar-refractivity contribution >= 4 is 5.97 Å². The molecule has 0 aliphatic heterocycles. The van der Waals surface area contributed by atoms with Gasteiger partial charge in [0.05, 0.1) is 7.11 Å². The van der Waals surface area contributed by atoms with Crippen LogP contribution in [0.1, 0.15) is 24.4 Å². The van der Waals surface area contributed by atoms with E-state index in [-0.39, 0.29) is 24.2 Å². The quantitative estimate of drug-likeness (QED) is 0.739. The van der Waals surface area contributed by atoms with Gasteiger partial charge in [-0.1, -0.05) is 18.2 Å². The van der Waals surface area contributed by atoms with Crippen LogP contribution in [0.15, 0.2) is 24.3 Å². The average Bonchev–Trinajstić information content (AvgIpc) is 2.30. The third kappa shape index (κ3) is 3.82. The molecule has 0 aliphatic carbocycles. The zero-order valence-electron chi connectivity index (χ0n) is 10.4. The molecule has 0 saturated carbocycles. The van der Waals surface area contributed by atoms with Crippen molar-refractivity contribution in [2.45, 2.75) is 18.9 Å². The van der Waals surface area contributed by atoms with Gasteiger partial charge in [-0.3, -0.25) is 4.79 Å². The number of hydrogen-bond acceptors (Lipinski definition) is 3. The molecule has 0 heterocycles. The lowest BCUT2D eigenvalue weighted by Crippen LogP contribution is -2.22. The van der Waals surface area contributed by atoms with Crippen LogP contribution in [0.4, 0.5) is 4.39 Å². The smallest absolute Gasteiger partial charge is 0.305 e. The predicted octanol–water partition coefficient (Wildman–Crippen LogP) is 2.38. The zero-order chi connectivity index (χ0) is 12.8. The van der Waals surface area contributed by atoms with Crippen LogP contribution in [0.5, 0.6) is 0 Å².